The minimum atomic E-state index is -0.506. The molecule has 22 heavy (non-hydrogen) atoms. The molecule has 0 aliphatic carbocycles. The number of esters is 2. The van der Waals surface area contributed by atoms with E-state index in [0.29, 0.717) is 12.0 Å². The van der Waals surface area contributed by atoms with Crippen LogP contribution in [-0.2, 0) is 14.3 Å². The van der Waals surface area contributed by atoms with Crippen LogP contribution in [0.15, 0.2) is 11.6 Å². The molecule has 1 rings (SSSR count). The summed E-state index contributed by atoms with van der Waals surface area (Å²) in [6.07, 6.45) is 17.6. The van der Waals surface area contributed by atoms with Crippen molar-refractivity contribution in [2.45, 2.75) is 90.4 Å². The van der Waals surface area contributed by atoms with E-state index >= 15 is 0 Å². The van der Waals surface area contributed by atoms with Crippen LogP contribution in [0.5, 0.6) is 0 Å². The molecule has 0 unspecified atom stereocenters. The number of carbonyl (C=O) groups excluding carboxylic acids is 2. The van der Waals surface area contributed by atoms with Gasteiger partial charge in [-0.1, -0.05) is 77.6 Å². The van der Waals surface area contributed by atoms with Gasteiger partial charge >= 0.3 is 11.9 Å². The summed E-state index contributed by atoms with van der Waals surface area (Å²) in [6.45, 7) is 2.25. The number of hydrogen-bond acceptors (Lipinski definition) is 3. The number of hydrogen-bond donors (Lipinski definition) is 0. The van der Waals surface area contributed by atoms with Gasteiger partial charge in [-0.05, 0) is 12.8 Å². The van der Waals surface area contributed by atoms with E-state index < -0.39 is 11.9 Å². The minimum absolute atomic E-state index is 0. The van der Waals surface area contributed by atoms with Gasteiger partial charge in [-0.15, -0.1) is 0 Å². The zero-order valence-corrected chi connectivity index (χ0v) is 16.5. The maximum atomic E-state index is 11.2. The molecular weight excluding hydrogens is 287 g/mol. The number of cyclic esters (lactones) is 2. The molecule has 0 atom stereocenters. The number of carbonyl (C=O) groups is 2. The third kappa shape index (κ3) is 10.6. The fourth-order valence-corrected chi connectivity index (χ4v) is 2.72. The predicted octanol–water partition coefficient (Wildman–Crippen LogP) is 4.71. The van der Waals surface area contributed by atoms with Crippen molar-refractivity contribution < 1.29 is 14.3 Å². The molecule has 0 fully saturated rings. The van der Waals surface area contributed by atoms with Crippen LogP contribution >= 0.6 is 0 Å². The standard InChI is InChI=1S/C18H30O3.Na/c1-2-3-4-5-6-7-8-9-10-11-12-13-14-16-15-17(19)21-18(16)20;/h15H,2-14H2,1H3;. The second-order valence-corrected chi connectivity index (χ2v) is 6.02. The number of ether oxygens (including phenoxy) is 1. The fourth-order valence-electron chi connectivity index (χ4n) is 2.72. The zero-order chi connectivity index (χ0) is 15.3. The molecule has 4 heteroatoms. The molecule has 0 saturated carbocycles. The van der Waals surface area contributed by atoms with Gasteiger partial charge in [-0.3, -0.25) is 0 Å². The fraction of sp³-hybridized carbons (Fsp3) is 0.778. The molecule has 1 aliphatic heterocycles. The molecule has 0 spiro atoms. The van der Waals surface area contributed by atoms with Gasteiger partial charge in [0.05, 0.1) is 0 Å². The predicted molar refractivity (Wildman–Crippen MR) is 90.6 cm³/mol. The Morgan fingerprint density at radius 2 is 1.23 bits per heavy atom. The Balaban J connectivity index is 0.00000441. The van der Waals surface area contributed by atoms with E-state index in [9.17, 15) is 9.59 Å². The first-order valence-electron chi connectivity index (χ1n) is 8.70. The molecule has 121 valence electrons. The Morgan fingerprint density at radius 3 is 1.64 bits per heavy atom. The van der Waals surface area contributed by atoms with Crippen LogP contribution in [0.4, 0.5) is 0 Å². The van der Waals surface area contributed by atoms with Crippen LogP contribution in [0.3, 0.4) is 0 Å². The monoisotopic (exact) mass is 317 g/mol. The normalized spacial score (nSPS) is 13.8. The first-order valence-corrected chi connectivity index (χ1v) is 8.70. The molecule has 0 aromatic rings. The molecule has 1 radical (unpaired) electrons. The van der Waals surface area contributed by atoms with Gasteiger partial charge in [0.2, 0.25) is 0 Å². The van der Waals surface area contributed by atoms with E-state index in [1.54, 1.807) is 0 Å². The maximum Gasteiger partial charge on any atom is 0.342 e. The van der Waals surface area contributed by atoms with Crippen molar-refractivity contribution in [2.75, 3.05) is 0 Å². The van der Waals surface area contributed by atoms with Crippen LogP contribution in [0.25, 0.3) is 0 Å². The average Bonchev–Trinajstić information content (AvgIpc) is 2.78. The van der Waals surface area contributed by atoms with Crippen LogP contribution < -0.4 is 0 Å². The summed E-state index contributed by atoms with van der Waals surface area (Å²) in [5, 5.41) is 0. The molecule has 3 nitrogen and oxygen atoms in total. The van der Waals surface area contributed by atoms with E-state index in [-0.39, 0.29) is 29.6 Å². The van der Waals surface area contributed by atoms with Gasteiger partial charge in [0.25, 0.3) is 0 Å². The third-order valence-electron chi connectivity index (χ3n) is 4.05. The first-order chi connectivity index (χ1) is 10.2. The Labute approximate surface area is 157 Å². The number of unbranched alkanes of at least 4 members (excludes halogenated alkanes) is 11. The summed E-state index contributed by atoms with van der Waals surface area (Å²) in [7, 11) is 0. The second kappa shape index (κ2) is 14.5. The Kier molecular flexibility index (Phi) is 14.4. The quantitative estimate of drug-likeness (QED) is 0.214. The molecule has 1 aliphatic rings. The van der Waals surface area contributed by atoms with Crippen molar-refractivity contribution in [1.82, 2.24) is 0 Å². The topological polar surface area (TPSA) is 43.4 Å². The summed E-state index contributed by atoms with van der Waals surface area (Å²) in [5.74, 6) is -0.947. The van der Waals surface area contributed by atoms with Crippen molar-refractivity contribution in [2.24, 2.45) is 0 Å². The van der Waals surface area contributed by atoms with Crippen LogP contribution in [0.2, 0.25) is 0 Å². The molecule has 0 aromatic carbocycles. The van der Waals surface area contributed by atoms with Crippen molar-refractivity contribution >= 4 is 41.5 Å². The Bertz CT molecular complexity index is 350. The van der Waals surface area contributed by atoms with Crippen molar-refractivity contribution in [3.63, 3.8) is 0 Å². The minimum Gasteiger partial charge on any atom is -0.386 e. The van der Waals surface area contributed by atoms with Crippen LogP contribution in [0.1, 0.15) is 90.4 Å². The van der Waals surface area contributed by atoms with Gasteiger partial charge in [-0.25, -0.2) is 9.59 Å². The van der Waals surface area contributed by atoms with Gasteiger partial charge in [0, 0.05) is 41.2 Å². The maximum absolute atomic E-state index is 11.2. The second-order valence-electron chi connectivity index (χ2n) is 6.02. The Hall–Kier alpha value is -0.120. The van der Waals surface area contributed by atoms with Crippen LogP contribution in [0, 0.1) is 0 Å². The molecular formula is C18H30NaO3. The van der Waals surface area contributed by atoms with Gasteiger partial charge in [0.15, 0.2) is 0 Å². The first kappa shape index (κ1) is 21.9. The molecule has 0 amide bonds. The summed E-state index contributed by atoms with van der Waals surface area (Å²) in [4.78, 5) is 22.1. The molecule has 1 heterocycles. The van der Waals surface area contributed by atoms with Crippen LogP contribution in [-0.4, -0.2) is 41.5 Å². The van der Waals surface area contributed by atoms with Gasteiger partial charge < -0.3 is 4.74 Å². The molecule has 0 bridgehead atoms. The smallest absolute Gasteiger partial charge is 0.342 e. The summed E-state index contributed by atoms with van der Waals surface area (Å²) >= 11 is 0. The molecule has 0 aromatic heterocycles. The average molecular weight is 317 g/mol. The Morgan fingerprint density at radius 1 is 0.773 bits per heavy atom. The summed E-state index contributed by atoms with van der Waals surface area (Å²) in [6, 6.07) is 0. The molecule has 0 N–H and O–H groups in total. The van der Waals surface area contributed by atoms with E-state index in [1.165, 1.54) is 70.3 Å². The van der Waals surface area contributed by atoms with E-state index in [4.69, 9.17) is 0 Å². The molecule has 0 saturated heterocycles. The van der Waals surface area contributed by atoms with Crippen molar-refractivity contribution in [1.29, 1.82) is 0 Å². The van der Waals surface area contributed by atoms with Gasteiger partial charge in [-0.2, -0.15) is 0 Å². The van der Waals surface area contributed by atoms with E-state index in [2.05, 4.69) is 11.7 Å². The van der Waals surface area contributed by atoms with E-state index in [1.807, 2.05) is 0 Å². The van der Waals surface area contributed by atoms with E-state index in [0.717, 1.165) is 12.8 Å². The van der Waals surface area contributed by atoms with Crippen molar-refractivity contribution in [3.8, 4) is 0 Å². The summed E-state index contributed by atoms with van der Waals surface area (Å²) < 4.78 is 4.46. The van der Waals surface area contributed by atoms with Gasteiger partial charge in [0.1, 0.15) is 0 Å². The summed E-state index contributed by atoms with van der Waals surface area (Å²) in [5.41, 5.74) is 0.548. The van der Waals surface area contributed by atoms with Crippen molar-refractivity contribution in [3.05, 3.63) is 11.6 Å². The number of rotatable bonds is 13. The third-order valence-corrected chi connectivity index (χ3v) is 4.05. The zero-order valence-electron chi connectivity index (χ0n) is 14.5. The SMILES string of the molecule is CCCCCCCCCCCCCCC1=CC(=O)OC1=O.[Na]. The largest absolute Gasteiger partial charge is 0.386 e.